The predicted molar refractivity (Wildman–Crippen MR) is 49.0 cm³/mol. The van der Waals surface area contributed by atoms with Gasteiger partial charge in [0.05, 0.1) is 4.92 Å². The third kappa shape index (κ3) is 2.72. The minimum atomic E-state index is -1.28. The van der Waals surface area contributed by atoms with Crippen LogP contribution in [0.5, 0.6) is 0 Å². The Hall–Kier alpha value is -2.05. The fourth-order valence-electron chi connectivity index (χ4n) is 1.15. The van der Waals surface area contributed by atoms with Crippen molar-refractivity contribution in [3.8, 4) is 0 Å². The molecule has 0 bridgehead atoms. The van der Waals surface area contributed by atoms with E-state index in [2.05, 4.69) is 0 Å². The first-order valence-corrected chi connectivity index (χ1v) is 4.26. The molecule has 1 N–H and O–H groups in total. The number of carboxylic acid groups (broad SMARTS) is 1. The van der Waals surface area contributed by atoms with Gasteiger partial charge in [-0.05, 0) is 12.0 Å². The predicted octanol–water partition coefficient (Wildman–Crippen LogP) is 1.89. The van der Waals surface area contributed by atoms with Crippen molar-refractivity contribution in [3.05, 3.63) is 39.4 Å². The average Bonchev–Trinajstić information content (AvgIpc) is 2.15. The Labute approximate surface area is 88.5 Å². The Morgan fingerprint density at radius 1 is 1.38 bits per heavy atom. The fourth-order valence-corrected chi connectivity index (χ4v) is 1.15. The van der Waals surface area contributed by atoms with Crippen LogP contribution in [0.2, 0.25) is 0 Å². The fraction of sp³-hybridized carbons (Fsp3) is 0.222. The number of aliphatic carboxylic acids is 1. The van der Waals surface area contributed by atoms with Gasteiger partial charge in [-0.2, -0.15) is 4.39 Å². The summed E-state index contributed by atoms with van der Waals surface area (Å²) < 4.78 is 26.0. The van der Waals surface area contributed by atoms with Crippen LogP contribution in [0.25, 0.3) is 0 Å². The Kier molecular flexibility index (Phi) is 3.49. The van der Waals surface area contributed by atoms with E-state index in [-0.39, 0.29) is 18.4 Å². The van der Waals surface area contributed by atoms with E-state index < -0.39 is 28.2 Å². The normalized spacial score (nSPS) is 10.1. The molecule has 0 unspecified atom stereocenters. The molecule has 0 aliphatic rings. The van der Waals surface area contributed by atoms with E-state index in [0.29, 0.717) is 12.1 Å². The summed E-state index contributed by atoms with van der Waals surface area (Å²) in [6.45, 7) is 0. The lowest BCUT2D eigenvalue weighted by Gasteiger charge is -2.02. The van der Waals surface area contributed by atoms with E-state index in [4.69, 9.17) is 5.11 Å². The van der Waals surface area contributed by atoms with Gasteiger partial charge in [-0.25, -0.2) is 4.39 Å². The maximum atomic E-state index is 13.1. The third-order valence-electron chi connectivity index (χ3n) is 1.92. The van der Waals surface area contributed by atoms with Gasteiger partial charge in [0.15, 0.2) is 0 Å². The molecule has 0 fully saturated rings. The molecule has 7 heteroatoms. The Bertz CT molecular complexity index is 447. The van der Waals surface area contributed by atoms with Crippen LogP contribution in [0.15, 0.2) is 12.1 Å². The van der Waals surface area contributed by atoms with E-state index in [1.54, 1.807) is 0 Å². The molecule has 0 radical (unpaired) electrons. The van der Waals surface area contributed by atoms with Gasteiger partial charge in [-0.15, -0.1) is 0 Å². The van der Waals surface area contributed by atoms with Crippen LogP contribution in [-0.4, -0.2) is 16.0 Å². The maximum Gasteiger partial charge on any atom is 0.305 e. The van der Waals surface area contributed by atoms with Gasteiger partial charge in [-0.3, -0.25) is 14.9 Å². The van der Waals surface area contributed by atoms with Crippen molar-refractivity contribution < 1.29 is 23.6 Å². The second kappa shape index (κ2) is 4.65. The number of halogens is 2. The number of carbonyl (C=O) groups is 1. The van der Waals surface area contributed by atoms with Crippen molar-refractivity contribution in [2.45, 2.75) is 12.8 Å². The molecule has 0 atom stereocenters. The molecule has 1 aromatic carbocycles. The van der Waals surface area contributed by atoms with Crippen molar-refractivity contribution in [3.63, 3.8) is 0 Å². The monoisotopic (exact) mass is 231 g/mol. The first-order chi connectivity index (χ1) is 7.41. The molecule has 0 aliphatic carbocycles. The van der Waals surface area contributed by atoms with Gasteiger partial charge < -0.3 is 5.11 Å². The number of nitro groups is 1. The number of hydrogen-bond acceptors (Lipinski definition) is 3. The van der Waals surface area contributed by atoms with Gasteiger partial charge in [-0.1, -0.05) is 0 Å². The Morgan fingerprint density at radius 3 is 2.50 bits per heavy atom. The summed E-state index contributed by atoms with van der Waals surface area (Å²) in [6, 6.07) is 1.10. The summed E-state index contributed by atoms with van der Waals surface area (Å²) in [7, 11) is 0. The standard InChI is InChI=1S/C9H7F2NO4/c10-6-4-7(11)8(12(15)16)3-5(6)1-2-9(13)14/h3-4H,1-2H2,(H,13,14). The highest BCUT2D eigenvalue weighted by atomic mass is 19.1. The Morgan fingerprint density at radius 2 is 2.00 bits per heavy atom. The van der Waals surface area contributed by atoms with Crippen LogP contribution in [0.1, 0.15) is 12.0 Å². The van der Waals surface area contributed by atoms with Crippen LogP contribution in [0.3, 0.4) is 0 Å². The molecule has 5 nitrogen and oxygen atoms in total. The molecular weight excluding hydrogens is 224 g/mol. The molecule has 0 aromatic heterocycles. The smallest absolute Gasteiger partial charge is 0.305 e. The minimum absolute atomic E-state index is 0.185. The van der Waals surface area contributed by atoms with E-state index in [1.165, 1.54) is 0 Å². The average molecular weight is 231 g/mol. The molecule has 0 heterocycles. The molecule has 0 spiro atoms. The molecule has 16 heavy (non-hydrogen) atoms. The molecule has 0 saturated carbocycles. The minimum Gasteiger partial charge on any atom is -0.481 e. The first-order valence-electron chi connectivity index (χ1n) is 4.26. The number of hydrogen-bond donors (Lipinski definition) is 1. The number of rotatable bonds is 4. The van der Waals surface area contributed by atoms with Crippen molar-refractivity contribution in [1.29, 1.82) is 0 Å². The van der Waals surface area contributed by atoms with Gasteiger partial charge in [0, 0.05) is 18.6 Å². The summed E-state index contributed by atoms with van der Waals surface area (Å²) in [6.07, 6.45) is -0.595. The van der Waals surface area contributed by atoms with Crippen LogP contribution in [0.4, 0.5) is 14.5 Å². The summed E-state index contributed by atoms with van der Waals surface area (Å²) in [5.74, 6) is -3.42. The summed E-state index contributed by atoms with van der Waals surface area (Å²) in [4.78, 5) is 19.6. The number of carboxylic acids is 1. The topological polar surface area (TPSA) is 80.4 Å². The molecule has 86 valence electrons. The van der Waals surface area contributed by atoms with Crippen molar-refractivity contribution in [2.24, 2.45) is 0 Å². The molecular formula is C9H7F2NO4. The van der Waals surface area contributed by atoms with Crippen LogP contribution in [0, 0.1) is 21.7 Å². The summed E-state index contributed by atoms with van der Waals surface area (Å²) in [5, 5.41) is 18.7. The van der Waals surface area contributed by atoms with E-state index in [1.807, 2.05) is 0 Å². The first kappa shape index (κ1) is 12.0. The second-order valence-electron chi connectivity index (χ2n) is 3.05. The largest absolute Gasteiger partial charge is 0.481 e. The highest BCUT2D eigenvalue weighted by molar-refractivity contribution is 5.67. The quantitative estimate of drug-likeness (QED) is 0.633. The number of aryl methyl sites for hydroxylation is 1. The third-order valence-corrected chi connectivity index (χ3v) is 1.92. The number of nitrogens with zero attached hydrogens (tertiary/aromatic N) is 1. The van der Waals surface area contributed by atoms with E-state index in [0.717, 1.165) is 0 Å². The van der Waals surface area contributed by atoms with Gasteiger partial charge in [0.2, 0.25) is 5.82 Å². The lowest BCUT2D eigenvalue weighted by Crippen LogP contribution is -2.02. The summed E-state index contributed by atoms with van der Waals surface area (Å²) in [5.41, 5.74) is -1.04. The SMILES string of the molecule is O=C(O)CCc1cc([N+](=O)[O-])c(F)cc1F. The van der Waals surface area contributed by atoms with E-state index in [9.17, 15) is 23.7 Å². The molecule has 1 rings (SSSR count). The zero-order chi connectivity index (χ0) is 12.3. The zero-order valence-electron chi connectivity index (χ0n) is 7.94. The van der Waals surface area contributed by atoms with Crippen LogP contribution in [-0.2, 0) is 11.2 Å². The second-order valence-corrected chi connectivity index (χ2v) is 3.05. The molecule has 0 saturated heterocycles. The molecule has 0 aliphatic heterocycles. The molecule has 0 amide bonds. The lowest BCUT2D eigenvalue weighted by molar-refractivity contribution is -0.387. The van der Waals surface area contributed by atoms with Crippen molar-refractivity contribution in [2.75, 3.05) is 0 Å². The lowest BCUT2D eigenvalue weighted by atomic mass is 10.1. The summed E-state index contributed by atoms with van der Waals surface area (Å²) >= 11 is 0. The van der Waals surface area contributed by atoms with Gasteiger partial charge in [0.25, 0.3) is 0 Å². The van der Waals surface area contributed by atoms with Crippen molar-refractivity contribution >= 4 is 11.7 Å². The van der Waals surface area contributed by atoms with Crippen LogP contribution < -0.4 is 0 Å². The molecule has 1 aromatic rings. The van der Waals surface area contributed by atoms with Crippen LogP contribution >= 0.6 is 0 Å². The van der Waals surface area contributed by atoms with Gasteiger partial charge in [0.1, 0.15) is 5.82 Å². The number of benzene rings is 1. The zero-order valence-corrected chi connectivity index (χ0v) is 7.94. The Balaban J connectivity index is 3.05. The number of nitro benzene ring substituents is 1. The maximum absolute atomic E-state index is 13.1. The van der Waals surface area contributed by atoms with E-state index >= 15 is 0 Å². The van der Waals surface area contributed by atoms with Crippen molar-refractivity contribution in [1.82, 2.24) is 0 Å². The highest BCUT2D eigenvalue weighted by Gasteiger charge is 2.18. The highest BCUT2D eigenvalue weighted by Crippen LogP contribution is 2.22. The van der Waals surface area contributed by atoms with Gasteiger partial charge >= 0.3 is 11.7 Å².